The normalized spacial score (nSPS) is 22.8. The van der Waals surface area contributed by atoms with Crippen LogP contribution in [0.4, 0.5) is 0 Å². The number of nitrogens with two attached hydrogens (primary N) is 1. The molecule has 0 unspecified atom stereocenters. The Labute approximate surface area is 182 Å². The van der Waals surface area contributed by atoms with Gasteiger partial charge in [-0.3, -0.25) is 9.69 Å². The minimum atomic E-state index is -0.775. The summed E-state index contributed by atoms with van der Waals surface area (Å²) in [7, 11) is 0. The molecule has 2 aliphatic rings. The molecule has 0 aromatic heterocycles. The van der Waals surface area contributed by atoms with Gasteiger partial charge in [0.25, 0.3) is 0 Å². The van der Waals surface area contributed by atoms with E-state index in [4.69, 9.17) is 27.1 Å². The maximum Gasteiger partial charge on any atom is 0.232 e. The van der Waals surface area contributed by atoms with Crippen molar-refractivity contribution in [1.82, 2.24) is 4.90 Å². The molecule has 1 atom stereocenters. The van der Waals surface area contributed by atoms with Gasteiger partial charge in [0.15, 0.2) is 5.96 Å². The maximum atomic E-state index is 13.1. The number of aryl methyl sites for hydroxylation is 1. The lowest BCUT2D eigenvalue weighted by molar-refractivity contribution is -0.132. The Bertz CT molecular complexity index is 967. The number of hydrogen-bond acceptors (Lipinski definition) is 4. The Kier molecular flexibility index (Phi) is 5.85. The number of halogens is 1. The summed E-state index contributed by atoms with van der Waals surface area (Å²) in [6.07, 6.45) is 2.54. The van der Waals surface area contributed by atoms with E-state index in [1.165, 1.54) is 11.1 Å². The molecule has 6 heteroatoms. The molecule has 0 radical (unpaired) electrons. The number of hydrogen-bond donors (Lipinski definition) is 1. The third-order valence-corrected chi connectivity index (χ3v) is 6.55. The molecule has 2 aliphatic heterocycles. The largest absolute Gasteiger partial charge is 0.381 e. The number of aliphatic imine (C=N–C) groups is 1. The summed E-state index contributed by atoms with van der Waals surface area (Å²) in [5.74, 6) is 0.276. The number of benzene rings is 2. The topological polar surface area (TPSA) is 67.9 Å². The number of rotatable bonds is 4. The lowest BCUT2D eigenvalue weighted by atomic mass is 9.85. The zero-order valence-corrected chi connectivity index (χ0v) is 18.3. The van der Waals surface area contributed by atoms with E-state index < -0.39 is 5.54 Å². The molecular weight excluding hydrogens is 398 g/mol. The van der Waals surface area contributed by atoms with Gasteiger partial charge in [-0.2, -0.15) is 0 Å². The van der Waals surface area contributed by atoms with E-state index in [1.54, 1.807) is 4.90 Å². The van der Waals surface area contributed by atoms with Crippen molar-refractivity contribution in [3.05, 3.63) is 69.7 Å². The molecule has 0 bridgehead atoms. The average molecular weight is 426 g/mol. The summed E-state index contributed by atoms with van der Waals surface area (Å²) in [6.45, 7) is 5.30. The van der Waals surface area contributed by atoms with Gasteiger partial charge in [-0.05, 0) is 49.8 Å². The molecule has 0 saturated carbocycles. The number of ether oxygens (including phenoxy) is 1. The van der Waals surface area contributed by atoms with Crippen molar-refractivity contribution < 1.29 is 9.53 Å². The quantitative estimate of drug-likeness (QED) is 0.798. The molecule has 0 spiro atoms. The van der Waals surface area contributed by atoms with Crippen molar-refractivity contribution in [2.24, 2.45) is 10.7 Å². The summed E-state index contributed by atoms with van der Waals surface area (Å²) in [5.41, 5.74) is 9.82. The van der Waals surface area contributed by atoms with Crippen LogP contribution in [0.2, 0.25) is 5.02 Å². The van der Waals surface area contributed by atoms with Gasteiger partial charge in [-0.1, -0.05) is 59.6 Å². The predicted octanol–water partition coefficient (Wildman–Crippen LogP) is 4.18. The molecule has 30 heavy (non-hydrogen) atoms. The van der Waals surface area contributed by atoms with E-state index >= 15 is 0 Å². The third-order valence-electron chi connectivity index (χ3n) is 6.10. The first-order chi connectivity index (χ1) is 14.4. The summed E-state index contributed by atoms with van der Waals surface area (Å²) in [6, 6.07) is 14.5. The van der Waals surface area contributed by atoms with Crippen LogP contribution in [0.3, 0.4) is 0 Å². The molecule has 1 amide bonds. The van der Waals surface area contributed by atoms with Crippen molar-refractivity contribution in [1.29, 1.82) is 0 Å². The van der Waals surface area contributed by atoms with Crippen LogP contribution < -0.4 is 5.73 Å². The highest BCUT2D eigenvalue weighted by atomic mass is 35.5. The molecule has 2 aromatic carbocycles. The second-order valence-electron chi connectivity index (χ2n) is 8.47. The van der Waals surface area contributed by atoms with Gasteiger partial charge in [-0.15, -0.1) is 0 Å². The van der Waals surface area contributed by atoms with E-state index in [0.717, 1.165) is 30.4 Å². The zero-order valence-electron chi connectivity index (χ0n) is 17.5. The standard InChI is InChI=1S/C24H28ClN3O2/c1-16-6-8-17(9-7-16)14-18-4-3-5-20(22(18)25)24(2)15-21(29)28(23(26)27-24)19-10-12-30-13-11-19/h3-9,19H,10-15H2,1-2H3,(H2,26,27)/t24-/m0/s1. The Balaban J connectivity index is 1.63. The van der Waals surface area contributed by atoms with Crippen molar-refractivity contribution in [2.45, 2.75) is 51.1 Å². The Morgan fingerprint density at radius 2 is 1.90 bits per heavy atom. The van der Waals surface area contributed by atoms with Crippen LogP contribution in [0, 0.1) is 6.92 Å². The number of amides is 1. The van der Waals surface area contributed by atoms with Gasteiger partial charge < -0.3 is 10.5 Å². The van der Waals surface area contributed by atoms with Crippen molar-refractivity contribution >= 4 is 23.5 Å². The molecule has 2 heterocycles. The number of carbonyl (C=O) groups excluding carboxylic acids is 1. The number of nitrogens with zero attached hydrogens (tertiary/aromatic N) is 2. The van der Waals surface area contributed by atoms with Gasteiger partial charge in [0.2, 0.25) is 5.91 Å². The smallest absolute Gasteiger partial charge is 0.232 e. The number of carbonyl (C=O) groups is 1. The molecule has 2 aromatic rings. The Morgan fingerprint density at radius 1 is 1.20 bits per heavy atom. The van der Waals surface area contributed by atoms with Gasteiger partial charge in [0.05, 0.1) is 12.0 Å². The summed E-state index contributed by atoms with van der Waals surface area (Å²) in [4.78, 5) is 19.5. The monoisotopic (exact) mass is 425 g/mol. The molecule has 158 valence electrons. The van der Waals surface area contributed by atoms with E-state index in [2.05, 4.69) is 31.2 Å². The first-order valence-corrected chi connectivity index (χ1v) is 10.8. The van der Waals surface area contributed by atoms with E-state index in [0.29, 0.717) is 18.2 Å². The predicted molar refractivity (Wildman–Crippen MR) is 120 cm³/mol. The first-order valence-electron chi connectivity index (χ1n) is 10.5. The highest BCUT2D eigenvalue weighted by Gasteiger charge is 2.41. The highest BCUT2D eigenvalue weighted by Crippen LogP contribution is 2.39. The molecular formula is C24H28ClN3O2. The number of guanidine groups is 1. The molecule has 1 fully saturated rings. The lowest BCUT2D eigenvalue weighted by Gasteiger charge is -2.40. The molecule has 0 aliphatic carbocycles. The Morgan fingerprint density at radius 3 is 2.57 bits per heavy atom. The van der Waals surface area contributed by atoms with Crippen molar-refractivity contribution in [3.63, 3.8) is 0 Å². The van der Waals surface area contributed by atoms with Crippen LogP contribution in [0.1, 0.15) is 48.4 Å². The minimum absolute atomic E-state index is 0.00287. The van der Waals surface area contributed by atoms with Gasteiger partial charge in [0, 0.05) is 24.3 Å². The fourth-order valence-electron chi connectivity index (χ4n) is 4.40. The summed E-state index contributed by atoms with van der Waals surface area (Å²) in [5, 5.41) is 0.657. The average Bonchev–Trinajstić information content (AvgIpc) is 2.71. The highest BCUT2D eigenvalue weighted by molar-refractivity contribution is 6.32. The van der Waals surface area contributed by atoms with Crippen LogP contribution in [0.25, 0.3) is 0 Å². The zero-order chi connectivity index (χ0) is 21.3. The van der Waals surface area contributed by atoms with Crippen LogP contribution in [-0.4, -0.2) is 36.0 Å². The third kappa shape index (κ3) is 4.09. The van der Waals surface area contributed by atoms with E-state index in [1.807, 2.05) is 25.1 Å². The maximum absolute atomic E-state index is 13.1. The second-order valence-corrected chi connectivity index (χ2v) is 8.85. The van der Waals surface area contributed by atoms with Gasteiger partial charge in [-0.25, -0.2) is 4.99 Å². The van der Waals surface area contributed by atoms with Crippen LogP contribution in [0.15, 0.2) is 47.5 Å². The first kappa shape index (κ1) is 20.9. The fourth-order valence-corrected chi connectivity index (χ4v) is 4.80. The van der Waals surface area contributed by atoms with E-state index in [-0.39, 0.29) is 24.3 Å². The van der Waals surface area contributed by atoms with E-state index in [9.17, 15) is 4.79 Å². The molecule has 1 saturated heterocycles. The Hall–Kier alpha value is -2.37. The molecule has 4 rings (SSSR count). The van der Waals surface area contributed by atoms with Gasteiger partial charge in [0.1, 0.15) is 0 Å². The van der Waals surface area contributed by atoms with Crippen LogP contribution in [-0.2, 0) is 21.5 Å². The van der Waals surface area contributed by atoms with Crippen molar-refractivity contribution in [3.8, 4) is 0 Å². The van der Waals surface area contributed by atoms with Gasteiger partial charge >= 0.3 is 0 Å². The molecule has 2 N–H and O–H groups in total. The lowest BCUT2D eigenvalue weighted by Crippen LogP contribution is -2.55. The minimum Gasteiger partial charge on any atom is -0.381 e. The van der Waals surface area contributed by atoms with Crippen LogP contribution >= 0.6 is 11.6 Å². The van der Waals surface area contributed by atoms with Crippen molar-refractivity contribution in [2.75, 3.05) is 13.2 Å². The summed E-state index contributed by atoms with van der Waals surface area (Å²) >= 11 is 6.84. The second kappa shape index (κ2) is 8.40. The fraction of sp³-hybridized carbons (Fsp3) is 0.417. The SMILES string of the molecule is Cc1ccc(Cc2cccc([C@]3(C)CC(=O)N(C4CCOCC4)C(N)=N3)c2Cl)cc1. The summed E-state index contributed by atoms with van der Waals surface area (Å²) < 4.78 is 5.42. The van der Waals surface area contributed by atoms with Crippen LogP contribution in [0.5, 0.6) is 0 Å². The molecule has 5 nitrogen and oxygen atoms in total.